The number of hydrogen-bond donors (Lipinski definition) is 1. The second-order valence-electron chi connectivity index (χ2n) is 7.86. The topological polar surface area (TPSA) is 76.7 Å². The van der Waals surface area contributed by atoms with Crippen molar-refractivity contribution < 1.29 is 4.52 Å². The molecule has 1 atom stereocenters. The van der Waals surface area contributed by atoms with Gasteiger partial charge in [-0.2, -0.15) is 4.98 Å². The molecule has 1 N–H and O–H groups in total. The quantitative estimate of drug-likeness (QED) is 0.499. The summed E-state index contributed by atoms with van der Waals surface area (Å²) in [7, 11) is 0. The predicted octanol–water partition coefficient (Wildman–Crippen LogP) is 5.35. The second kappa shape index (κ2) is 6.95. The first-order valence-electron chi connectivity index (χ1n) is 10.0. The normalized spacial score (nSPS) is 14.9. The highest BCUT2D eigenvalue weighted by Crippen LogP contribution is 2.39. The van der Waals surface area contributed by atoms with Gasteiger partial charge in [-0.25, -0.2) is 9.97 Å². The van der Waals surface area contributed by atoms with Crippen LogP contribution in [0.3, 0.4) is 0 Å². The first-order chi connectivity index (χ1) is 14.1. The van der Waals surface area contributed by atoms with E-state index >= 15 is 0 Å². The number of anilines is 1. The predicted molar refractivity (Wildman–Crippen MR) is 113 cm³/mol. The molecule has 5 rings (SSSR count). The highest BCUT2D eigenvalue weighted by atomic mass is 16.5. The van der Waals surface area contributed by atoms with Gasteiger partial charge < -0.3 is 9.84 Å². The molecular weight excluding hydrogens is 362 g/mol. The van der Waals surface area contributed by atoms with E-state index in [4.69, 9.17) is 4.52 Å². The van der Waals surface area contributed by atoms with Crippen LogP contribution in [0.4, 0.5) is 5.82 Å². The number of rotatable bonds is 5. The molecule has 2 aromatic carbocycles. The Labute approximate surface area is 169 Å². The maximum Gasteiger partial charge on any atom is 0.257 e. The highest BCUT2D eigenvalue weighted by Gasteiger charge is 2.29. The standard InChI is InChI=1S/C23H23N5O/c1-13-4-11-19-20(12-13)25-15(3)26-22(19)24-14(2)16-5-9-18(10-6-16)23-27-21(28-29-23)17-7-8-17/h4-6,9-12,14,17H,7-8H2,1-3H3,(H,24,25,26). The molecule has 0 radical (unpaired) electrons. The minimum absolute atomic E-state index is 0.0903. The van der Waals surface area contributed by atoms with Crippen molar-refractivity contribution in [1.82, 2.24) is 20.1 Å². The molecule has 146 valence electrons. The zero-order valence-electron chi connectivity index (χ0n) is 16.8. The second-order valence-corrected chi connectivity index (χ2v) is 7.86. The van der Waals surface area contributed by atoms with E-state index in [1.165, 1.54) is 5.56 Å². The maximum atomic E-state index is 5.43. The zero-order valence-corrected chi connectivity index (χ0v) is 16.8. The summed E-state index contributed by atoms with van der Waals surface area (Å²) in [6, 6.07) is 14.6. The van der Waals surface area contributed by atoms with Crippen molar-refractivity contribution >= 4 is 16.7 Å². The number of fused-ring (bicyclic) bond motifs is 1. The van der Waals surface area contributed by atoms with Crippen LogP contribution < -0.4 is 5.32 Å². The lowest BCUT2D eigenvalue weighted by Gasteiger charge is -2.17. The summed E-state index contributed by atoms with van der Waals surface area (Å²) in [5, 5.41) is 8.67. The summed E-state index contributed by atoms with van der Waals surface area (Å²) < 4.78 is 5.43. The van der Waals surface area contributed by atoms with E-state index in [1.807, 2.05) is 19.1 Å². The molecule has 2 heterocycles. The first-order valence-corrected chi connectivity index (χ1v) is 10.0. The Morgan fingerprint density at radius 2 is 1.79 bits per heavy atom. The van der Waals surface area contributed by atoms with Crippen LogP contribution in [0.25, 0.3) is 22.4 Å². The van der Waals surface area contributed by atoms with Gasteiger partial charge in [0.1, 0.15) is 11.6 Å². The average Bonchev–Trinajstić information content (AvgIpc) is 3.44. The maximum absolute atomic E-state index is 5.43. The van der Waals surface area contributed by atoms with Gasteiger partial charge in [0, 0.05) is 22.9 Å². The lowest BCUT2D eigenvalue weighted by molar-refractivity contribution is 0.422. The SMILES string of the molecule is Cc1ccc2c(NC(C)c3ccc(-c4nc(C5CC5)no4)cc3)nc(C)nc2c1. The Hall–Kier alpha value is -3.28. The van der Waals surface area contributed by atoms with Crippen molar-refractivity contribution in [2.45, 2.75) is 45.6 Å². The molecule has 29 heavy (non-hydrogen) atoms. The molecule has 0 bridgehead atoms. The van der Waals surface area contributed by atoms with Crippen molar-refractivity contribution in [3.63, 3.8) is 0 Å². The van der Waals surface area contributed by atoms with E-state index in [0.717, 1.165) is 52.3 Å². The van der Waals surface area contributed by atoms with Gasteiger partial charge in [-0.05, 0) is 69.0 Å². The molecule has 0 spiro atoms. The third kappa shape index (κ3) is 3.58. The molecule has 0 amide bonds. The molecule has 6 nitrogen and oxygen atoms in total. The number of benzene rings is 2. The van der Waals surface area contributed by atoms with E-state index in [9.17, 15) is 0 Å². The Bertz CT molecular complexity index is 1170. The molecule has 0 aliphatic heterocycles. The zero-order chi connectivity index (χ0) is 20.0. The number of aromatic nitrogens is 4. The van der Waals surface area contributed by atoms with Gasteiger partial charge in [-0.3, -0.25) is 0 Å². The van der Waals surface area contributed by atoms with Gasteiger partial charge in [-0.1, -0.05) is 23.4 Å². The summed E-state index contributed by atoms with van der Waals surface area (Å²) in [5.41, 5.74) is 4.26. The summed E-state index contributed by atoms with van der Waals surface area (Å²) in [4.78, 5) is 13.7. The smallest absolute Gasteiger partial charge is 0.257 e. The van der Waals surface area contributed by atoms with E-state index < -0.39 is 0 Å². The molecule has 1 aliphatic rings. The lowest BCUT2D eigenvalue weighted by atomic mass is 10.1. The van der Waals surface area contributed by atoms with Gasteiger partial charge in [0.05, 0.1) is 5.52 Å². The van der Waals surface area contributed by atoms with Crippen LogP contribution >= 0.6 is 0 Å². The van der Waals surface area contributed by atoms with Crippen LogP contribution in [0.5, 0.6) is 0 Å². The minimum Gasteiger partial charge on any atom is -0.363 e. The van der Waals surface area contributed by atoms with Crippen LogP contribution in [0.2, 0.25) is 0 Å². The van der Waals surface area contributed by atoms with Gasteiger partial charge in [0.15, 0.2) is 5.82 Å². The Morgan fingerprint density at radius 3 is 2.55 bits per heavy atom. The van der Waals surface area contributed by atoms with Gasteiger partial charge in [0.25, 0.3) is 5.89 Å². The van der Waals surface area contributed by atoms with Crippen LogP contribution in [0, 0.1) is 13.8 Å². The lowest BCUT2D eigenvalue weighted by Crippen LogP contribution is -2.09. The van der Waals surface area contributed by atoms with Crippen molar-refractivity contribution in [1.29, 1.82) is 0 Å². The molecule has 0 saturated heterocycles. The van der Waals surface area contributed by atoms with Crippen LogP contribution in [0.15, 0.2) is 47.0 Å². The molecular formula is C23H23N5O. The fourth-order valence-corrected chi connectivity index (χ4v) is 3.53. The first kappa shape index (κ1) is 17.8. The van der Waals surface area contributed by atoms with Crippen molar-refractivity contribution in [3.05, 3.63) is 65.2 Å². The van der Waals surface area contributed by atoms with E-state index in [0.29, 0.717) is 11.8 Å². The molecule has 6 heteroatoms. The van der Waals surface area contributed by atoms with Crippen molar-refractivity contribution in [2.75, 3.05) is 5.32 Å². The van der Waals surface area contributed by atoms with Crippen LogP contribution in [0.1, 0.15) is 54.5 Å². The third-order valence-corrected chi connectivity index (χ3v) is 5.36. The van der Waals surface area contributed by atoms with Crippen molar-refractivity contribution in [3.8, 4) is 11.5 Å². The summed E-state index contributed by atoms with van der Waals surface area (Å²) in [5.74, 6) is 3.53. The largest absolute Gasteiger partial charge is 0.363 e. The minimum atomic E-state index is 0.0903. The number of nitrogens with zero attached hydrogens (tertiary/aromatic N) is 4. The summed E-state index contributed by atoms with van der Waals surface area (Å²) in [6.07, 6.45) is 2.33. The fourth-order valence-electron chi connectivity index (χ4n) is 3.53. The van der Waals surface area contributed by atoms with Gasteiger partial charge in [0.2, 0.25) is 0 Å². The van der Waals surface area contributed by atoms with E-state index in [-0.39, 0.29) is 6.04 Å². The number of nitrogens with one attached hydrogen (secondary N) is 1. The Balaban J connectivity index is 1.38. The molecule has 1 aliphatic carbocycles. The highest BCUT2D eigenvalue weighted by molar-refractivity contribution is 5.89. The molecule has 4 aromatic rings. The van der Waals surface area contributed by atoms with Gasteiger partial charge in [-0.15, -0.1) is 0 Å². The van der Waals surface area contributed by atoms with Crippen LogP contribution in [-0.4, -0.2) is 20.1 Å². The van der Waals surface area contributed by atoms with E-state index in [2.05, 4.69) is 69.6 Å². The summed E-state index contributed by atoms with van der Waals surface area (Å²) >= 11 is 0. The van der Waals surface area contributed by atoms with E-state index in [1.54, 1.807) is 0 Å². The summed E-state index contributed by atoms with van der Waals surface area (Å²) in [6.45, 7) is 6.13. The molecule has 1 saturated carbocycles. The Kier molecular flexibility index (Phi) is 4.27. The molecule has 2 aromatic heterocycles. The molecule has 1 fully saturated rings. The van der Waals surface area contributed by atoms with Crippen molar-refractivity contribution in [2.24, 2.45) is 0 Å². The fraction of sp³-hybridized carbons (Fsp3) is 0.304. The molecule has 1 unspecified atom stereocenters. The van der Waals surface area contributed by atoms with Crippen LogP contribution in [-0.2, 0) is 0 Å². The monoisotopic (exact) mass is 385 g/mol. The Morgan fingerprint density at radius 1 is 1.00 bits per heavy atom. The number of aryl methyl sites for hydroxylation is 2. The van der Waals surface area contributed by atoms with Gasteiger partial charge >= 0.3 is 0 Å². The third-order valence-electron chi connectivity index (χ3n) is 5.36. The average molecular weight is 385 g/mol. The number of hydrogen-bond acceptors (Lipinski definition) is 6.